The Morgan fingerprint density at radius 2 is 2.10 bits per heavy atom. The smallest absolute Gasteiger partial charge is 0.336 e. The standard InChI is InChI=1S/C24H29ClN2O2/c1-6-10-27-22-12-20(25)17(11-19(22)15(2)13-24(27,4)5)14-26-21-9-7-8-18(16(21)3)23(28)29/h7-9,11-12,14-15H,6,10,13H2,1-5H3,(H,28,29). The summed E-state index contributed by atoms with van der Waals surface area (Å²) in [6.45, 7) is 11.8. The molecular weight excluding hydrogens is 384 g/mol. The Morgan fingerprint density at radius 3 is 2.76 bits per heavy atom. The van der Waals surface area contributed by atoms with Crippen LogP contribution in [-0.2, 0) is 0 Å². The second kappa shape index (κ2) is 8.19. The lowest BCUT2D eigenvalue weighted by Gasteiger charge is -2.47. The number of aromatic carboxylic acids is 1. The first-order valence-corrected chi connectivity index (χ1v) is 10.5. The number of aliphatic imine (C=N–C) groups is 1. The minimum atomic E-state index is -0.946. The molecule has 1 atom stereocenters. The molecule has 0 spiro atoms. The zero-order valence-electron chi connectivity index (χ0n) is 17.8. The van der Waals surface area contributed by atoms with Crippen LogP contribution in [0, 0.1) is 6.92 Å². The Labute approximate surface area is 178 Å². The Balaban J connectivity index is 2.02. The lowest BCUT2D eigenvalue weighted by molar-refractivity contribution is 0.0696. The van der Waals surface area contributed by atoms with E-state index in [1.165, 1.54) is 11.3 Å². The molecule has 2 aromatic carbocycles. The van der Waals surface area contributed by atoms with Gasteiger partial charge in [0.15, 0.2) is 0 Å². The first-order chi connectivity index (χ1) is 13.7. The van der Waals surface area contributed by atoms with Crippen LogP contribution in [0.4, 0.5) is 11.4 Å². The van der Waals surface area contributed by atoms with E-state index in [0.29, 0.717) is 22.2 Å². The number of anilines is 1. The van der Waals surface area contributed by atoms with Gasteiger partial charge in [-0.15, -0.1) is 0 Å². The second-order valence-electron chi connectivity index (χ2n) is 8.51. The van der Waals surface area contributed by atoms with Gasteiger partial charge in [-0.1, -0.05) is 31.5 Å². The first-order valence-electron chi connectivity index (χ1n) is 10.1. The molecule has 1 aliphatic rings. The molecule has 0 amide bonds. The van der Waals surface area contributed by atoms with Gasteiger partial charge in [0.2, 0.25) is 0 Å². The molecule has 3 rings (SSSR count). The Hall–Kier alpha value is -2.33. The quantitative estimate of drug-likeness (QED) is 0.563. The molecule has 0 bridgehead atoms. The summed E-state index contributed by atoms with van der Waals surface area (Å²) < 4.78 is 0. The van der Waals surface area contributed by atoms with E-state index in [1.54, 1.807) is 25.3 Å². The number of nitrogens with zero attached hydrogens (tertiary/aromatic N) is 2. The fourth-order valence-corrected chi connectivity index (χ4v) is 4.61. The molecule has 0 saturated heterocycles. The average Bonchev–Trinajstić information content (AvgIpc) is 2.64. The first kappa shape index (κ1) is 21.4. The average molecular weight is 413 g/mol. The topological polar surface area (TPSA) is 52.9 Å². The molecule has 0 aliphatic carbocycles. The number of halogens is 1. The summed E-state index contributed by atoms with van der Waals surface area (Å²) in [5, 5.41) is 9.97. The maximum absolute atomic E-state index is 11.4. The van der Waals surface area contributed by atoms with Crippen LogP contribution in [0.3, 0.4) is 0 Å². The maximum Gasteiger partial charge on any atom is 0.336 e. The monoisotopic (exact) mass is 412 g/mol. The van der Waals surface area contributed by atoms with Crippen molar-refractivity contribution in [3.05, 3.63) is 57.6 Å². The molecule has 1 aliphatic heterocycles. The number of benzene rings is 2. The van der Waals surface area contributed by atoms with Crippen molar-refractivity contribution < 1.29 is 9.90 Å². The Morgan fingerprint density at radius 1 is 1.38 bits per heavy atom. The Kier molecular flexibility index (Phi) is 6.04. The van der Waals surface area contributed by atoms with Crippen LogP contribution >= 0.6 is 11.6 Å². The number of hydrogen-bond acceptors (Lipinski definition) is 3. The lowest BCUT2D eigenvalue weighted by atomic mass is 9.79. The predicted octanol–water partition coefficient (Wildman–Crippen LogP) is 6.60. The zero-order chi connectivity index (χ0) is 21.3. The van der Waals surface area contributed by atoms with Crippen LogP contribution in [0.15, 0.2) is 35.3 Å². The summed E-state index contributed by atoms with van der Waals surface area (Å²) in [4.78, 5) is 18.4. The van der Waals surface area contributed by atoms with Gasteiger partial charge in [-0.05, 0) is 74.9 Å². The molecular formula is C24H29ClN2O2. The van der Waals surface area contributed by atoms with E-state index in [1.807, 2.05) is 6.07 Å². The molecule has 1 heterocycles. The highest BCUT2D eigenvalue weighted by Gasteiger charge is 2.36. The van der Waals surface area contributed by atoms with Gasteiger partial charge in [-0.2, -0.15) is 0 Å². The molecule has 1 N–H and O–H groups in total. The Bertz CT molecular complexity index is 966. The molecule has 154 valence electrons. The minimum Gasteiger partial charge on any atom is -0.478 e. The number of carboxylic acid groups (broad SMARTS) is 1. The van der Waals surface area contributed by atoms with E-state index in [9.17, 15) is 9.90 Å². The van der Waals surface area contributed by atoms with Gasteiger partial charge in [0.25, 0.3) is 0 Å². The van der Waals surface area contributed by atoms with Crippen LogP contribution in [0.25, 0.3) is 0 Å². The number of hydrogen-bond donors (Lipinski definition) is 1. The highest BCUT2D eigenvalue weighted by molar-refractivity contribution is 6.33. The van der Waals surface area contributed by atoms with Crippen LogP contribution < -0.4 is 4.90 Å². The van der Waals surface area contributed by atoms with Gasteiger partial charge < -0.3 is 10.0 Å². The van der Waals surface area contributed by atoms with Crippen LogP contribution in [-0.4, -0.2) is 29.4 Å². The minimum absolute atomic E-state index is 0.0930. The van der Waals surface area contributed by atoms with E-state index in [2.05, 4.69) is 49.7 Å². The summed E-state index contributed by atoms with van der Waals surface area (Å²) in [7, 11) is 0. The van der Waals surface area contributed by atoms with Crippen molar-refractivity contribution in [2.24, 2.45) is 4.99 Å². The lowest BCUT2D eigenvalue weighted by Crippen LogP contribution is -2.48. The van der Waals surface area contributed by atoms with Crippen molar-refractivity contribution >= 4 is 35.2 Å². The van der Waals surface area contributed by atoms with E-state index in [-0.39, 0.29) is 11.1 Å². The largest absolute Gasteiger partial charge is 0.478 e. The fourth-order valence-electron chi connectivity index (χ4n) is 4.40. The van der Waals surface area contributed by atoms with Gasteiger partial charge in [0.1, 0.15) is 0 Å². The molecule has 0 fully saturated rings. The normalized spacial score (nSPS) is 18.1. The number of carboxylic acids is 1. The van der Waals surface area contributed by atoms with Crippen molar-refractivity contribution in [2.45, 2.75) is 58.9 Å². The molecule has 29 heavy (non-hydrogen) atoms. The molecule has 0 saturated carbocycles. The van der Waals surface area contributed by atoms with E-state index < -0.39 is 5.97 Å². The van der Waals surface area contributed by atoms with Crippen molar-refractivity contribution in [1.82, 2.24) is 0 Å². The van der Waals surface area contributed by atoms with E-state index in [0.717, 1.165) is 24.9 Å². The third-order valence-corrected chi connectivity index (χ3v) is 6.16. The molecule has 2 aromatic rings. The van der Waals surface area contributed by atoms with Crippen molar-refractivity contribution in [3.8, 4) is 0 Å². The number of rotatable bonds is 5. The van der Waals surface area contributed by atoms with E-state index >= 15 is 0 Å². The number of fused-ring (bicyclic) bond motifs is 1. The number of carbonyl (C=O) groups is 1. The van der Waals surface area contributed by atoms with Crippen LogP contribution in [0.1, 0.15) is 73.5 Å². The third kappa shape index (κ3) is 4.18. The van der Waals surface area contributed by atoms with Crippen LogP contribution in [0.2, 0.25) is 5.02 Å². The SMILES string of the molecule is CCCN1c2cc(Cl)c(C=Nc3cccc(C(=O)O)c3C)cc2C(C)CC1(C)C. The van der Waals surface area contributed by atoms with Gasteiger partial charge in [-0.3, -0.25) is 4.99 Å². The van der Waals surface area contributed by atoms with Gasteiger partial charge >= 0.3 is 5.97 Å². The molecule has 0 aromatic heterocycles. The van der Waals surface area contributed by atoms with Gasteiger partial charge in [0.05, 0.1) is 16.3 Å². The highest BCUT2D eigenvalue weighted by Crippen LogP contribution is 2.45. The van der Waals surface area contributed by atoms with Crippen molar-refractivity contribution in [2.75, 3.05) is 11.4 Å². The summed E-state index contributed by atoms with van der Waals surface area (Å²) in [6.07, 6.45) is 3.91. The fraction of sp³-hybridized carbons (Fsp3) is 0.417. The molecule has 5 heteroatoms. The van der Waals surface area contributed by atoms with Crippen molar-refractivity contribution in [3.63, 3.8) is 0 Å². The van der Waals surface area contributed by atoms with Gasteiger partial charge in [-0.25, -0.2) is 4.79 Å². The van der Waals surface area contributed by atoms with E-state index in [4.69, 9.17) is 11.6 Å². The summed E-state index contributed by atoms with van der Waals surface area (Å²) in [6, 6.07) is 9.32. The second-order valence-corrected chi connectivity index (χ2v) is 8.92. The molecule has 0 radical (unpaired) electrons. The molecule has 4 nitrogen and oxygen atoms in total. The summed E-state index contributed by atoms with van der Waals surface area (Å²) in [5.41, 5.74) is 5.00. The predicted molar refractivity (Wildman–Crippen MR) is 122 cm³/mol. The van der Waals surface area contributed by atoms with Gasteiger partial charge in [0, 0.05) is 29.5 Å². The molecule has 1 unspecified atom stereocenters. The van der Waals surface area contributed by atoms with Crippen LogP contribution in [0.5, 0.6) is 0 Å². The third-order valence-electron chi connectivity index (χ3n) is 5.83. The zero-order valence-corrected chi connectivity index (χ0v) is 18.5. The summed E-state index contributed by atoms with van der Waals surface area (Å²) >= 11 is 6.64. The van der Waals surface area contributed by atoms with Crippen molar-refractivity contribution in [1.29, 1.82) is 0 Å². The maximum atomic E-state index is 11.4. The highest BCUT2D eigenvalue weighted by atomic mass is 35.5. The summed E-state index contributed by atoms with van der Waals surface area (Å²) in [5.74, 6) is -0.520.